The molecule has 0 spiro atoms. The largest absolute Gasteiger partial charge is 0.401 e. The summed E-state index contributed by atoms with van der Waals surface area (Å²) in [5, 5.41) is 11.6. The van der Waals surface area contributed by atoms with Gasteiger partial charge in [0, 0.05) is 12.6 Å². The number of hydrogen-bond acceptors (Lipinski definition) is 3. The van der Waals surface area contributed by atoms with E-state index >= 15 is 0 Å². The van der Waals surface area contributed by atoms with Gasteiger partial charge in [0.15, 0.2) is 0 Å². The minimum atomic E-state index is -4.38. The summed E-state index contributed by atoms with van der Waals surface area (Å²) in [6.07, 6.45) is -0.517. The van der Waals surface area contributed by atoms with Crippen molar-refractivity contribution in [1.29, 1.82) is 0 Å². The molecule has 1 saturated carbocycles. The molecule has 0 aromatic heterocycles. The van der Waals surface area contributed by atoms with Crippen LogP contribution in [0.25, 0.3) is 0 Å². The van der Waals surface area contributed by atoms with Gasteiger partial charge < -0.3 is 10.4 Å². The Balaban J connectivity index is 2.53. The predicted molar refractivity (Wildman–Crippen MR) is 64.6 cm³/mol. The fraction of sp³-hybridized carbons (Fsp3) is 0.917. The molecule has 0 radical (unpaired) electrons. The van der Waals surface area contributed by atoms with Crippen LogP contribution in [0.2, 0.25) is 0 Å². The van der Waals surface area contributed by atoms with Crippen molar-refractivity contribution in [1.82, 2.24) is 10.2 Å². The number of carbonyl (C=O) groups excluding carboxylic acids is 1. The first-order valence-corrected chi connectivity index (χ1v) is 6.55. The van der Waals surface area contributed by atoms with E-state index in [4.69, 9.17) is 5.11 Å². The van der Waals surface area contributed by atoms with E-state index in [0.29, 0.717) is 0 Å². The van der Waals surface area contributed by atoms with E-state index in [-0.39, 0.29) is 12.6 Å². The topological polar surface area (TPSA) is 52.6 Å². The minimum absolute atomic E-state index is 0.0804. The number of carbonyl (C=O) groups is 1. The lowest BCUT2D eigenvalue weighted by Crippen LogP contribution is -2.51. The van der Waals surface area contributed by atoms with Crippen LogP contribution in [0.5, 0.6) is 0 Å². The molecule has 7 heteroatoms. The van der Waals surface area contributed by atoms with Crippen LogP contribution < -0.4 is 5.32 Å². The first-order valence-electron chi connectivity index (χ1n) is 6.55. The summed E-state index contributed by atoms with van der Waals surface area (Å²) in [5.41, 5.74) is 0. The summed E-state index contributed by atoms with van der Waals surface area (Å²) >= 11 is 0. The monoisotopic (exact) mass is 282 g/mol. The fourth-order valence-corrected chi connectivity index (χ4v) is 2.33. The first kappa shape index (κ1) is 16.2. The molecule has 0 aliphatic heterocycles. The molecule has 0 saturated heterocycles. The average molecular weight is 282 g/mol. The normalized spacial score (nSPS) is 18.8. The van der Waals surface area contributed by atoms with Gasteiger partial charge in [-0.15, -0.1) is 0 Å². The molecule has 2 N–H and O–H groups in total. The number of nitrogens with zero attached hydrogens (tertiary/aromatic N) is 1. The van der Waals surface area contributed by atoms with E-state index < -0.39 is 31.3 Å². The molecule has 0 heterocycles. The minimum Gasteiger partial charge on any atom is -0.395 e. The van der Waals surface area contributed by atoms with Gasteiger partial charge in [-0.1, -0.05) is 12.8 Å². The van der Waals surface area contributed by atoms with Crippen molar-refractivity contribution in [2.75, 3.05) is 19.7 Å². The zero-order chi connectivity index (χ0) is 14.5. The van der Waals surface area contributed by atoms with E-state index in [2.05, 4.69) is 5.32 Å². The lowest BCUT2D eigenvalue weighted by Gasteiger charge is -2.29. The molecule has 1 atom stereocenters. The lowest BCUT2D eigenvalue weighted by molar-refractivity contribution is -0.155. The molecule has 1 amide bonds. The van der Waals surface area contributed by atoms with Gasteiger partial charge in [-0.3, -0.25) is 9.69 Å². The highest BCUT2D eigenvalue weighted by Gasteiger charge is 2.34. The van der Waals surface area contributed by atoms with E-state index in [1.165, 1.54) is 6.92 Å². The Hall–Kier alpha value is -0.820. The van der Waals surface area contributed by atoms with Crippen molar-refractivity contribution in [3.05, 3.63) is 0 Å². The highest BCUT2D eigenvalue weighted by molar-refractivity contribution is 5.81. The molecule has 1 aliphatic carbocycles. The Labute approximate surface area is 111 Å². The average Bonchev–Trinajstić information content (AvgIpc) is 2.78. The van der Waals surface area contributed by atoms with Gasteiger partial charge >= 0.3 is 6.18 Å². The molecule has 0 aromatic rings. The second kappa shape index (κ2) is 7.09. The number of aliphatic hydroxyl groups excluding tert-OH is 1. The smallest absolute Gasteiger partial charge is 0.395 e. The van der Waals surface area contributed by atoms with E-state index in [1.54, 1.807) is 0 Å². The van der Waals surface area contributed by atoms with Gasteiger partial charge in [0.05, 0.1) is 19.2 Å². The van der Waals surface area contributed by atoms with E-state index in [9.17, 15) is 18.0 Å². The van der Waals surface area contributed by atoms with Crippen molar-refractivity contribution in [3.63, 3.8) is 0 Å². The number of halogens is 3. The van der Waals surface area contributed by atoms with Gasteiger partial charge in [0.25, 0.3) is 0 Å². The Morgan fingerprint density at radius 3 is 2.47 bits per heavy atom. The standard InChI is InChI=1S/C12H21F3N2O2/c1-9(11(19)16-10-4-2-3-5-10)17(6-7-18)8-12(13,14)15/h9-10,18H,2-8H2,1H3,(H,16,19). The third-order valence-corrected chi connectivity index (χ3v) is 3.40. The molecule has 0 bridgehead atoms. The van der Waals surface area contributed by atoms with Crippen LogP contribution >= 0.6 is 0 Å². The number of rotatable bonds is 6. The maximum absolute atomic E-state index is 12.4. The number of nitrogens with one attached hydrogen (secondary N) is 1. The molecular weight excluding hydrogens is 261 g/mol. The van der Waals surface area contributed by atoms with Crippen molar-refractivity contribution in [3.8, 4) is 0 Å². The Bertz CT molecular complexity index is 291. The van der Waals surface area contributed by atoms with Crippen LogP contribution in [0.3, 0.4) is 0 Å². The number of alkyl halides is 3. The van der Waals surface area contributed by atoms with Crippen molar-refractivity contribution >= 4 is 5.91 Å². The second-order valence-corrected chi connectivity index (χ2v) is 4.98. The summed E-state index contributed by atoms with van der Waals surface area (Å²) < 4.78 is 37.2. The zero-order valence-corrected chi connectivity index (χ0v) is 11.0. The van der Waals surface area contributed by atoms with Crippen molar-refractivity contribution in [2.24, 2.45) is 0 Å². The van der Waals surface area contributed by atoms with Crippen molar-refractivity contribution in [2.45, 2.75) is 50.9 Å². The highest BCUT2D eigenvalue weighted by Crippen LogP contribution is 2.20. The van der Waals surface area contributed by atoms with Gasteiger partial charge in [-0.2, -0.15) is 13.2 Å². The molecule has 4 nitrogen and oxygen atoms in total. The van der Waals surface area contributed by atoms with Gasteiger partial charge in [-0.25, -0.2) is 0 Å². The summed E-state index contributed by atoms with van der Waals surface area (Å²) in [6, 6.07) is -0.814. The maximum atomic E-state index is 12.4. The van der Waals surface area contributed by atoms with E-state index in [1.807, 2.05) is 0 Å². The summed E-state index contributed by atoms with van der Waals surface area (Å²) in [4.78, 5) is 12.8. The van der Waals surface area contributed by atoms with E-state index in [0.717, 1.165) is 30.6 Å². The molecule has 1 fully saturated rings. The third-order valence-electron chi connectivity index (χ3n) is 3.40. The van der Waals surface area contributed by atoms with Crippen LogP contribution in [0.4, 0.5) is 13.2 Å². The van der Waals surface area contributed by atoms with Crippen LogP contribution in [0.15, 0.2) is 0 Å². The highest BCUT2D eigenvalue weighted by atomic mass is 19.4. The third kappa shape index (κ3) is 5.78. The second-order valence-electron chi connectivity index (χ2n) is 4.98. The SMILES string of the molecule is CC(C(=O)NC1CCCC1)N(CCO)CC(F)(F)F. The fourth-order valence-electron chi connectivity index (χ4n) is 2.33. The van der Waals surface area contributed by atoms with Crippen LogP contribution in [0.1, 0.15) is 32.6 Å². The molecular formula is C12H21F3N2O2. The quantitative estimate of drug-likeness (QED) is 0.772. The summed E-state index contributed by atoms with van der Waals surface area (Å²) in [6.45, 7) is -0.325. The summed E-state index contributed by atoms with van der Waals surface area (Å²) in [7, 11) is 0. The Morgan fingerprint density at radius 1 is 1.42 bits per heavy atom. The lowest BCUT2D eigenvalue weighted by atomic mass is 10.2. The predicted octanol–water partition coefficient (Wildman–Crippen LogP) is 1.29. The number of amides is 1. The van der Waals surface area contributed by atoms with Crippen LogP contribution in [0, 0.1) is 0 Å². The number of hydrogen-bond donors (Lipinski definition) is 2. The zero-order valence-electron chi connectivity index (χ0n) is 11.0. The van der Waals surface area contributed by atoms with Gasteiger partial charge in [-0.05, 0) is 19.8 Å². The molecule has 112 valence electrons. The van der Waals surface area contributed by atoms with Gasteiger partial charge in [0.1, 0.15) is 0 Å². The Kier molecular flexibility index (Phi) is 6.06. The maximum Gasteiger partial charge on any atom is 0.401 e. The molecule has 0 aromatic carbocycles. The van der Waals surface area contributed by atoms with Gasteiger partial charge in [0.2, 0.25) is 5.91 Å². The van der Waals surface area contributed by atoms with Crippen LogP contribution in [-0.2, 0) is 4.79 Å². The molecule has 1 rings (SSSR count). The molecule has 1 aliphatic rings. The Morgan fingerprint density at radius 2 is 2.00 bits per heavy atom. The first-order chi connectivity index (χ1) is 8.83. The molecule has 19 heavy (non-hydrogen) atoms. The summed E-state index contributed by atoms with van der Waals surface area (Å²) in [5.74, 6) is -0.399. The molecule has 1 unspecified atom stereocenters. The number of aliphatic hydroxyl groups is 1. The van der Waals surface area contributed by atoms with Crippen molar-refractivity contribution < 1.29 is 23.1 Å². The van der Waals surface area contributed by atoms with Crippen LogP contribution in [-0.4, -0.2) is 53.9 Å².